The molecule has 0 bridgehead atoms. The van der Waals surface area contributed by atoms with Gasteiger partial charge in [0.05, 0.1) is 17.4 Å². The number of carbonyl (C=O) groups excluding carboxylic acids is 1. The molecule has 0 aliphatic carbocycles. The van der Waals surface area contributed by atoms with Crippen LogP contribution in [0, 0.1) is 5.92 Å². The summed E-state index contributed by atoms with van der Waals surface area (Å²) in [5.74, 6) is 0.314. The van der Waals surface area contributed by atoms with Gasteiger partial charge in [-0.2, -0.15) is 9.29 Å². The molecule has 1 aromatic carbocycles. The molecule has 3 rings (SSSR count). The standard InChI is InChI=1S/C19H26N4O4S/c1-19(2,3)18-21-16(22-27-18)12-20-17(24)14-8-7-11-23(13-14)28(25,26)15-9-5-4-6-10-15/h4-6,9-10,14H,7-8,11-13H2,1-3H3,(H,20,24). The summed E-state index contributed by atoms with van der Waals surface area (Å²) >= 11 is 0. The number of piperidine rings is 1. The first-order valence-corrected chi connectivity index (χ1v) is 10.8. The number of carbonyl (C=O) groups is 1. The van der Waals surface area contributed by atoms with E-state index in [1.807, 2.05) is 20.8 Å². The molecule has 1 unspecified atom stereocenters. The number of nitrogens with zero attached hydrogens (tertiary/aromatic N) is 3. The average Bonchev–Trinajstić information content (AvgIpc) is 3.16. The number of sulfonamides is 1. The molecule has 1 aromatic heterocycles. The predicted octanol–water partition coefficient (Wildman–Crippen LogP) is 2.08. The van der Waals surface area contributed by atoms with E-state index < -0.39 is 15.9 Å². The van der Waals surface area contributed by atoms with Crippen molar-refractivity contribution in [3.8, 4) is 0 Å². The highest BCUT2D eigenvalue weighted by atomic mass is 32.2. The van der Waals surface area contributed by atoms with E-state index in [2.05, 4.69) is 15.5 Å². The topological polar surface area (TPSA) is 105 Å². The summed E-state index contributed by atoms with van der Waals surface area (Å²) in [7, 11) is -3.59. The van der Waals surface area contributed by atoms with Gasteiger partial charge >= 0.3 is 0 Å². The molecule has 152 valence electrons. The third-order valence-electron chi connectivity index (χ3n) is 4.67. The molecule has 1 fully saturated rings. The summed E-state index contributed by atoms with van der Waals surface area (Å²) in [6, 6.07) is 8.30. The fourth-order valence-corrected chi connectivity index (χ4v) is 4.60. The lowest BCUT2D eigenvalue weighted by Gasteiger charge is -2.31. The number of amides is 1. The minimum Gasteiger partial charge on any atom is -0.348 e. The molecule has 1 aliphatic rings. The maximum absolute atomic E-state index is 12.8. The maximum atomic E-state index is 12.8. The van der Waals surface area contributed by atoms with Crippen molar-refractivity contribution in [2.24, 2.45) is 5.92 Å². The van der Waals surface area contributed by atoms with E-state index in [9.17, 15) is 13.2 Å². The molecule has 0 radical (unpaired) electrons. The SMILES string of the molecule is CC(C)(C)c1nc(CNC(=O)C2CCCN(S(=O)(=O)c3ccccc3)C2)no1. The molecule has 1 N–H and O–H groups in total. The smallest absolute Gasteiger partial charge is 0.243 e. The summed E-state index contributed by atoms with van der Waals surface area (Å²) in [5.41, 5.74) is -0.259. The number of hydrogen-bond donors (Lipinski definition) is 1. The van der Waals surface area contributed by atoms with Gasteiger partial charge in [0, 0.05) is 18.5 Å². The molecule has 1 aliphatic heterocycles. The van der Waals surface area contributed by atoms with Gasteiger partial charge in [-0.25, -0.2) is 8.42 Å². The van der Waals surface area contributed by atoms with Gasteiger partial charge in [-0.1, -0.05) is 44.1 Å². The Kier molecular flexibility index (Phi) is 5.85. The first-order chi connectivity index (χ1) is 13.2. The van der Waals surface area contributed by atoms with Crippen LogP contribution in [0.1, 0.15) is 45.3 Å². The molecule has 1 saturated heterocycles. The molecular formula is C19H26N4O4S. The molecule has 28 heavy (non-hydrogen) atoms. The maximum Gasteiger partial charge on any atom is 0.243 e. The second kappa shape index (κ2) is 8.00. The van der Waals surface area contributed by atoms with E-state index in [0.29, 0.717) is 31.1 Å². The Morgan fingerprint density at radius 1 is 1.29 bits per heavy atom. The monoisotopic (exact) mass is 406 g/mol. The first kappa shape index (κ1) is 20.5. The van der Waals surface area contributed by atoms with Gasteiger partial charge in [0.1, 0.15) is 0 Å². The van der Waals surface area contributed by atoms with Gasteiger partial charge in [0.25, 0.3) is 0 Å². The number of aromatic nitrogens is 2. The van der Waals surface area contributed by atoms with Crippen molar-refractivity contribution >= 4 is 15.9 Å². The molecule has 2 aromatic rings. The van der Waals surface area contributed by atoms with E-state index in [1.165, 1.54) is 4.31 Å². The van der Waals surface area contributed by atoms with Gasteiger partial charge < -0.3 is 9.84 Å². The van der Waals surface area contributed by atoms with Crippen LogP contribution in [-0.4, -0.2) is 41.9 Å². The van der Waals surface area contributed by atoms with Crippen molar-refractivity contribution in [2.45, 2.75) is 50.5 Å². The van der Waals surface area contributed by atoms with Crippen LogP contribution in [-0.2, 0) is 26.8 Å². The number of nitrogens with one attached hydrogen (secondary N) is 1. The average molecular weight is 407 g/mol. The van der Waals surface area contributed by atoms with Crippen LogP contribution in [0.2, 0.25) is 0 Å². The molecule has 1 amide bonds. The van der Waals surface area contributed by atoms with Crippen LogP contribution in [0.25, 0.3) is 0 Å². The van der Waals surface area contributed by atoms with Crippen molar-refractivity contribution in [3.05, 3.63) is 42.0 Å². The van der Waals surface area contributed by atoms with Crippen molar-refractivity contribution in [1.29, 1.82) is 0 Å². The summed E-state index contributed by atoms with van der Waals surface area (Å²) < 4.78 is 32.2. The van der Waals surface area contributed by atoms with Crippen molar-refractivity contribution in [2.75, 3.05) is 13.1 Å². The minimum atomic E-state index is -3.59. The first-order valence-electron chi connectivity index (χ1n) is 9.34. The van der Waals surface area contributed by atoms with Gasteiger partial charge in [-0.3, -0.25) is 4.79 Å². The Morgan fingerprint density at radius 3 is 2.64 bits per heavy atom. The molecule has 1 atom stereocenters. The lowest BCUT2D eigenvalue weighted by Crippen LogP contribution is -2.45. The molecular weight excluding hydrogens is 380 g/mol. The predicted molar refractivity (Wildman–Crippen MR) is 103 cm³/mol. The quantitative estimate of drug-likeness (QED) is 0.815. The number of benzene rings is 1. The highest BCUT2D eigenvalue weighted by Crippen LogP contribution is 2.24. The fraction of sp³-hybridized carbons (Fsp3) is 0.526. The van der Waals surface area contributed by atoms with Gasteiger partial charge in [-0.15, -0.1) is 0 Å². The third kappa shape index (κ3) is 4.59. The summed E-state index contributed by atoms with van der Waals surface area (Å²) in [6.45, 7) is 6.63. The van der Waals surface area contributed by atoms with Crippen molar-refractivity contribution in [3.63, 3.8) is 0 Å². The lowest BCUT2D eigenvalue weighted by molar-refractivity contribution is -0.126. The zero-order chi connectivity index (χ0) is 20.4. The van der Waals surface area contributed by atoms with Gasteiger partial charge in [0.15, 0.2) is 5.82 Å². The van der Waals surface area contributed by atoms with E-state index in [1.54, 1.807) is 30.3 Å². The van der Waals surface area contributed by atoms with E-state index in [-0.39, 0.29) is 29.3 Å². The minimum absolute atomic E-state index is 0.153. The number of rotatable bonds is 5. The lowest BCUT2D eigenvalue weighted by atomic mass is 9.97. The van der Waals surface area contributed by atoms with Crippen LogP contribution in [0.3, 0.4) is 0 Å². The molecule has 0 spiro atoms. The highest BCUT2D eigenvalue weighted by molar-refractivity contribution is 7.89. The second-order valence-electron chi connectivity index (χ2n) is 8.00. The highest BCUT2D eigenvalue weighted by Gasteiger charge is 2.33. The largest absolute Gasteiger partial charge is 0.348 e. The Balaban J connectivity index is 1.61. The third-order valence-corrected chi connectivity index (χ3v) is 6.55. The molecule has 8 nitrogen and oxygen atoms in total. The second-order valence-corrected chi connectivity index (χ2v) is 9.94. The van der Waals surface area contributed by atoms with Crippen molar-refractivity contribution < 1.29 is 17.7 Å². The zero-order valence-corrected chi connectivity index (χ0v) is 17.2. The van der Waals surface area contributed by atoms with Crippen LogP contribution in [0.15, 0.2) is 39.8 Å². The van der Waals surface area contributed by atoms with E-state index in [0.717, 1.165) is 0 Å². The van der Waals surface area contributed by atoms with Crippen LogP contribution < -0.4 is 5.32 Å². The molecule has 0 saturated carbocycles. The van der Waals surface area contributed by atoms with E-state index in [4.69, 9.17) is 4.52 Å². The van der Waals surface area contributed by atoms with Crippen LogP contribution in [0.5, 0.6) is 0 Å². The summed E-state index contributed by atoms with van der Waals surface area (Å²) in [5, 5.41) is 6.69. The summed E-state index contributed by atoms with van der Waals surface area (Å²) in [4.78, 5) is 17.1. The molecule has 9 heteroatoms. The molecule has 2 heterocycles. The van der Waals surface area contributed by atoms with Crippen LogP contribution in [0.4, 0.5) is 0 Å². The Hall–Kier alpha value is -2.26. The Morgan fingerprint density at radius 2 is 2.00 bits per heavy atom. The summed E-state index contributed by atoms with van der Waals surface area (Å²) in [6.07, 6.45) is 1.28. The van der Waals surface area contributed by atoms with Crippen LogP contribution >= 0.6 is 0 Å². The Labute approximate surface area is 165 Å². The normalized spacial score (nSPS) is 18.8. The Bertz CT molecular complexity index is 919. The van der Waals surface area contributed by atoms with Crippen molar-refractivity contribution in [1.82, 2.24) is 19.8 Å². The fourth-order valence-electron chi connectivity index (χ4n) is 3.06. The van der Waals surface area contributed by atoms with Gasteiger partial charge in [-0.05, 0) is 25.0 Å². The zero-order valence-electron chi connectivity index (χ0n) is 16.4. The van der Waals surface area contributed by atoms with E-state index >= 15 is 0 Å². The number of hydrogen-bond acceptors (Lipinski definition) is 6. The van der Waals surface area contributed by atoms with Gasteiger partial charge in [0.2, 0.25) is 21.8 Å².